The summed E-state index contributed by atoms with van der Waals surface area (Å²) in [5.41, 5.74) is -2.48. The van der Waals surface area contributed by atoms with Crippen LogP contribution in [0.2, 0.25) is 0 Å². The Morgan fingerprint density at radius 3 is 1.87 bits per heavy atom. The van der Waals surface area contributed by atoms with Crippen LogP contribution in [-0.4, -0.2) is 37.0 Å². The molecule has 0 amide bonds. The summed E-state index contributed by atoms with van der Waals surface area (Å²) in [4.78, 5) is 26.3. The van der Waals surface area contributed by atoms with E-state index in [1.54, 1.807) is 37.3 Å². The number of carbonyl (C=O) groups is 2. The Labute approximate surface area is 227 Å². The average Bonchev–Trinajstić information content (AvgIpc) is 2.84. The van der Waals surface area contributed by atoms with Crippen molar-refractivity contribution in [2.45, 2.75) is 111 Å². The molecule has 0 aliphatic heterocycles. The van der Waals surface area contributed by atoms with Gasteiger partial charge in [0.15, 0.2) is 0 Å². The average molecular weight is 569 g/mol. The predicted octanol–water partition coefficient (Wildman–Crippen LogP) is 8.79. The minimum Gasteiger partial charge on any atom is -0.465 e. The molecule has 0 saturated carbocycles. The second kappa shape index (κ2) is 14.4. The lowest BCUT2D eigenvalue weighted by Crippen LogP contribution is -2.49. The summed E-state index contributed by atoms with van der Waals surface area (Å²) < 4.78 is 89.2. The zero-order chi connectivity index (χ0) is 30.1. The molecule has 0 heterocycles. The summed E-state index contributed by atoms with van der Waals surface area (Å²) in [6.07, 6.45) is -12.4. The number of hydrogen-bond acceptors (Lipinski definition) is 4. The number of ether oxygens (including phenoxy) is 2. The van der Waals surface area contributed by atoms with Gasteiger partial charge in [0.05, 0.1) is 17.4 Å². The van der Waals surface area contributed by atoms with E-state index < -0.39 is 41.2 Å². The van der Waals surface area contributed by atoms with Crippen LogP contribution >= 0.6 is 0 Å². The van der Waals surface area contributed by atoms with Crippen LogP contribution in [0.4, 0.5) is 26.3 Å². The minimum atomic E-state index is -5.85. The third-order valence-electron chi connectivity index (χ3n) is 7.15. The van der Waals surface area contributed by atoms with E-state index in [4.69, 9.17) is 4.74 Å². The molecule has 1 aromatic rings. The lowest BCUT2D eigenvalue weighted by Gasteiger charge is -2.38. The van der Waals surface area contributed by atoms with Crippen molar-refractivity contribution in [1.82, 2.24) is 0 Å². The number of benzene rings is 1. The third kappa shape index (κ3) is 10.7. The van der Waals surface area contributed by atoms with Crippen molar-refractivity contribution >= 4 is 11.9 Å². The molecule has 0 aliphatic carbocycles. The maximum absolute atomic E-state index is 13.3. The second-order valence-corrected chi connectivity index (χ2v) is 11.2. The van der Waals surface area contributed by atoms with Gasteiger partial charge in [-0.05, 0) is 63.9 Å². The first-order valence-corrected chi connectivity index (χ1v) is 13.5. The van der Waals surface area contributed by atoms with Crippen molar-refractivity contribution in [3.05, 3.63) is 35.9 Å². The number of hydrogen-bond donors (Lipinski definition) is 0. The molecular weight excluding hydrogens is 526 g/mol. The van der Waals surface area contributed by atoms with Gasteiger partial charge in [0.25, 0.3) is 6.10 Å². The Bertz CT molecular complexity index is 883. The number of alkyl halides is 6. The van der Waals surface area contributed by atoms with Crippen LogP contribution in [0.1, 0.15) is 98.0 Å². The Balaban J connectivity index is 3.33. The molecular formula is C29H42F6O4. The minimum absolute atomic E-state index is 0.125. The summed E-state index contributed by atoms with van der Waals surface area (Å²) in [6.45, 7) is 10.2. The van der Waals surface area contributed by atoms with E-state index in [2.05, 4.69) is 4.74 Å². The molecule has 0 bridgehead atoms. The van der Waals surface area contributed by atoms with Crippen molar-refractivity contribution in [2.75, 3.05) is 6.61 Å². The predicted molar refractivity (Wildman–Crippen MR) is 137 cm³/mol. The highest BCUT2D eigenvalue weighted by Crippen LogP contribution is 2.45. The number of halogens is 6. The lowest BCUT2D eigenvalue weighted by atomic mass is 9.68. The highest BCUT2D eigenvalue weighted by molar-refractivity contribution is 5.80. The van der Waals surface area contributed by atoms with Gasteiger partial charge in [0, 0.05) is 0 Å². The number of rotatable bonds is 15. The molecule has 0 radical (unpaired) electrons. The van der Waals surface area contributed by atoms with E-state index in [1.165, 1.54) is 20.8 Å². The van der Waals surface area contributed by atoms with Gasteiger partial charge < -0.3 is 9.47 Å². The molecule has 0 fully saturated rings. The fraction of sp³-hybridized carbons (Fsp3) is 0.724. The molecule has 0 spiro atoms. The van der Waals surface area contributed by atoms with Gasteiger partial charge in [-0.3, -0.25) is 9.59 Å². The molecule has 3 unspecified atom stereocenters. The monoisotopic (exact) mass is 568 g/mol. The van der Waals surface area contributed by atoms with Crippen molar-refractivity contribution in [1.29, 1.82) is 0 Å². The quantitative estimate of drug-likeness (QED) is 0.157. The van der Waals surface area contributed by atoms with Gasteiger partial charge >= 0.3 is 24.3 Å². The van der Waals surface area contributed by atoms with Crippen LogP contribution in [0.3, 0.4) is 0 Å². The zero-order valence-corrected chi connectivity index (χ0v) is 23.7. The molecule has 1 rings (SSSR count). The van der Waals surface area contributed by atoms with Gasteiger partial charge in [-0.25, -0.2) is 0 Å². The van der Waals surface area contributed by atoms with Crippen molar-refractivity contribution in [2.24, 2.45) is 16.7 Å². The molecule has 4 nitrogen and oxygen atoms in total. The van der Waals surface area contributed by atoms with Crippen LogP contribution in [-0.2, 0) is 19.1 Å². The van der Waals surface area contributed by atoms with Gasteiger partial charge in [-0.2, -0.15) is 26.3 Å². The van der Waals surface area contributed by atoms with E-state index in [9.17, 15) is 35.9 Å². The molecule has 3 atom stereocenters. The molecule has 224 valence electrons. The van der Waals surface area contributed by atoms with Crippen molar-refractivity contribution < 1.29 is 45.4 Å². The third-order valence-corrected chi connectivity index (χ3v) is 7.15. The van der Waals surface area contributed by atoms with Gasteiger partial charge in [-0.1, -0.05) is 70.4 Å². The molecule has 0 saturated heterocycles. The Morgan fingerprint density at radius 2 is 1.41 bits per heavy atom. The first-order valence-electron chi connectivity index (χ1n) is 13.5. The van der Waals surface area contributed by atoms with Crippen LogP contribution in [0.25, 0.3) is 0 Å². The molecule has 0 N–H and O–H groups in total. The molecule has 0 aromatic heterocycles. The van der Waals surface area contributed by atoms with E-state index in [0.29, 0.717) is 6.42 Å². The summed E-state index contributed by atoms with van der Waals surface area (Å²) >= 11 is 0. The fourth-order valence-corrected chi connectivity index (χ4v) is 4.90. The highest BCUT2D eigenvalue weighted by atomic mass is 19.4. The molecule has 0 aliphatic rings. The molecule has 1 aromatic carbocycles. The smallest absolute Gasteiger partial charge is 0.434 e. The first kappa shape index (κ1) is 34.8. The van der Waals surface area contributed by atoms with Gasteiger partial charge in [0.1, 0.15) is 0 Å². The Hall–Kier alpha value is -2.26. The van der Waals surface area contributed by atoms with Crippen LogP contribution in [0, 0.1) is 16.7 Å². The van der Waals surface area contributed by atoms with E-state index in [1.807, 2.05) is 13.8 Å². The normalized spacial score (nSPS) is 15.9. The SMILES string of the molecule is CCCCC(CC)COC(=O)C(C)(C)CC(C)(CC(CC)c1ccccc1)C(=O)OC(C(F)(F)F)C(F)(F)F. The number of esters is 2. The zero-order valence-electron chi connectivity index (χ0n) is 23.7. The summed E-state index contributed by atoms with van der Waals surface area (Å²) in [6, 6.07) is 8.82. The topological polar surface area (TPSA) is 52.6 Å². The van der Waals surface area contributed by atoms with E-state index in [-0.39, 0.29) is 31.3 Å². The van der Waals surface area contributed by atoms with Crippen LogP contribution in [0.15, 0.2) is 30.3 Å². The van der Waals surface area contributed by atoms with Gasteiger partial charge in [0.2, 0.25) is 0 Å². The van der Waals surface area contributed by atoms with Crippen molar-refractivity contribution in [3.8, 4) is 0 Å². The highest BCUT2D eigenvalue weighted by Gasteiger charge is 2.61. The second-order valence-electron chi connectivity index (χ2n) is 11.2. The lowest BCUT2D eigenvalue weighted by molar-refractivity contribution is -0.316. The summed E-state index contributed by atoms with van der Waals surface area (Å²) in [7, 11) is 0. The standard InChI is InChI=1S/C29H42F6O4/c1-7-10-14-20(8-2)18-38-24(36)26(4,5)19-27(6,17-21(9-3)22-15-12-11-13-16-22)25(37)39-23(28(30,31)32)29(33,34)35/h11-13,15-16,20-21,23H,7-10,14,17-19H2,1-6H3. The summed E-state index contributed by atoms with van der Waals surface area (Å²) in [5, 5.41) is 0. The van der Waals surface area contributed by atoms with E-state index >= 15 is 0 Å². The molecule has 39 heavy (non-hydrogen) atoms. The van der Waals surface area contributed by atoms with Crippen LogP contribution in [0.5, 0.6) is 0 Å². The number of unbranched alkanes of at least 4 members (excludes halogenated alkanes) is 1. The maximum Gasteiger partial charge on any atom is 0.434 e. The Kier molecular flexibility index (Phi) is 12.8. The Morgan fingerprint density at radius 1 is 0.846 bits per heavy atom. The van der Waals surface area contributed by atoms with Crippen molar-refractivity contribution in [3.63, 3.8) is 0 Å². The van der Waals surface area contributed by atoms with Gasteiger partial charge in [-0.15, -0.1) is 0 Å². The number of carbonyl (C=O) groups excluding carboxylic acids is 2. The summed E-state index contributed by atoms with van der Waals surface area (Å²) in [5.74, 6) is -2.59. The largest absolute Gasteiger partial charge is 0.465 e. The molecule has 10 heteroatoms. The fourth-order valence-electron chi connectivity index (χ4n) is 4.90. The first-order chi connectivity index (χ1) is 17.9. The van der Waals surface area contributed by atoms with Crippen LogP contribution < -0.4 is 0 Å². The van der Waals surface area contributed by atoms with E-state index in [0.717, 1.165) is 31.2 Å². The maximum atomic E-state index is 13.3.